The summed E-state index contributed by atoms with van der Waals surface area (Å²) in [6.07, 6.45) is -3.49. The average Bonchev–Trinajstić information content (AvgIpc) is 3.81. The van der Waals surface area contributed by atoms with E-state index in [9.17, 15) is 27.5 Å². The van der Waals surface area contributed by atoms with Crippen LogP contribution in [0.15, 0.2) is 73.2 Å². The van der Waals surface area contributed by atoms with Gasteiger partial charge in [-0.15, -0.1) is 11.3 Å². The number of rotatable bonds is 13. The second kappa shape index (κ2) is 16.0. The van der Waals surface area contributed by atoms with Crippen molar-refractivity contribution >= 4 is 70.8 Å². The molecule has 11 nitrogen and oxygen atoms in total. The Morgan fingerprint density at radius 1 is 0.932 bits per heavy atom. The Morgan fingerprint density at radius 3 is 2.46 bits per heavy atom. The van der Waals surface area contributed by atoms with Gasteiger partial charge >= 0.3 is 12.1 Å². The van der Waals surface area contributed by atoms with Crippen molar-refractivity contribution in [2.75, 3.05) is 46.4 Å². The Labute approximate surface area is 344 Å². The standard InChI is InChI=1S/C42H39ClF4N6O5S/c1-41(2,29-6-4-5-7-30(29)57-21-25-12-13-50-53(25)22-42(45,46)47)37(40(54)55)58-38-34-33-27-10-11-31(56-19-18-52-16-14-51(3)15-17-52)35(43)32(27)28-20-24(44)8-9-26(28)36(33)59-39(34)49-23-48-38/h4-13,20,23,37H,14-19,21-22H2,1-3H3,(H,54,55). The number of aliphatic carboxylic acids is 1. The van der Waals surface area contributed by atoms with E-state index in [1.807, 2.05) is 6.07 Å². The molecule has 1 aliphatic rings. The fourth-order valence-electron chi connectivity index (χ4n) is 7.69. The molecule has 1 fully saturated rings. The van der Waals surface area contributed by atoms with Gasteiger partial charge in [0.1, 0.15) is 48.2 Å². The molecule has 0 amide bonds. The summed E-state index contributed by atoms with van der Waals surface area (Å²) in [4.78, 5) is 27.3. The Hall–Kier alpha value is -5.29. The highest BCUT2D eigenvalue weighted by atomic mass is 35.5. The second-order valence-corrected chi connectivity index (χ2v) is 16.5. The van der Waals surface area contributed by atoms with Gasteiger partial charge in [0.15, 0.2) is 0 Å². The number of piperazine rings is 1. The van der Waals surface area contributed by atoms with E-state index in [1.165, 1.54) is 42.1 Å². The lowest BCUT2D eigenvalue weighted by molar-refractivity contribution is -0.148. The van der Waals surface area contributed by atoms with Crippen molar-refractivity contribution in [3.05, 3.63) is 95.3 Å². The summed E-state index contributed by atoms with van der Waals surface area (Å²) in [5.41, 5.74) is -0.690. The first kappa shape index (κ1) is 40.5. The molecule has 8 rings (SSSR count). The average molecular weight is 851 g/mol. The number of fused-ring (bicyclic) bond motifs is 8. The number of halogens is 5. The number of nitrogens with zero attached hydrogens (tertiary/aromatic N) is 6. The highest BCUT2D eigenvalue weighted by Crippen LogP contribution is 2.49. The Kier molecular flexibility index (Phi) is 11.0. The van der Waals surface area contributed by atoms with Gasteiger partial charge in [-0.1, -0.05) is 49.7 Å². The van der Waals surface area contributed by atoms with E-state index in [2.05, 4.69) is 31.9 Å². The molecule has 3 aromatic heterocycles. The predicted octanol–water partition coefficient (Wildman–Crippen LogP) is 8.72. The van der Waals surface area contributed by atoms with Crippen LogP contribution in [0.1, 0.15) is 25.1 Å². The summed E-state index contributed by atoms with van der Waals surface area (Å²) < 4.78 is 74.8. The number of likely N-dealkylation sites (N-methyl/N-ethyl adjacent to an activating group) is 1. The number of carbonyl (C=O) groups is 1. The van der Waals surface area contributed by atoms with E-state index in [1.54, 1.807) is 50.2 Å². The van der Waals surface area contributed by atoms with Crippen molar-refractivity contribution in [1.82, 2.24) is 29.5 Å². The van der Waals surface area contributed by atoms with Crippen LogP contribution in [0.25, 0.3) is 41.8 Å². The second-order valence-electron chi connectivity index (χ2n) is 15.1. The molecule has 1 atom stereocenters. The summed E-state index contributed by atoms with van der Waals surface area (Å²) >= 11 is 8.50. The molecule has 0 bridgehead atoms. The number of para-hydroxylation sites is 1. The molecular weight excluding hydrogens is 812 g/mol. The number of alkyl halides is 3. The fraction of sp³-hybridized carbons (Fsp3) is 0.333. The minimum absolute atomic E-state index is 0.00237. The smallest absolute Gasteiger partial charge is 0.408 e. The van der Waals surface area contributed by atoms with Crippen molar-refractivity contribution in [3.63, 3.8) is 0 Å². The maximum Gasteiger partial charge on any atom is 0.408 e. The number of carboxylic acids is 1. The van der Waals surface area contributed by atoms with Crippen molar-refractivity contribution in [2.24, 2.45) is 0 Å². The first-order chi connectivity index (χ1) is 28.2. The lowest BCUT2D eigenvalue weighted by atomic mass is 9.78. The molecule has 1 N–H and O–H groups in total. The Balaban J connectivity index is 1.17. The molecule has 17 heteroatoms. The van der Waals surface area contributed by atoms with E-state index >= 15 is 0 Å². The van der Waals surface area contributed by atoms with Crippen molar-refractivity contribution < 1.29 is 41.7 Å². The summed E-state index contributed by atoms with van der Waals surface area (Å²) in [6.45, 7) is 6.76. The van der Waals surface area contributed by atoms with Gasteiger partial charge in [0.05, 0.1) is 16.1 Å². The maximum atomic E-state index is 15.0. The zero-order valence-corrected chi connectivity index (χ0v) is 33.8. The van der Waals surface area contributed by atoms with Gasteiger partial charge < -0.3 is 24.2 Å². The third-order valence-electron chi connectivity index (χ3n) is 10.8. The van der Waals surface area contributed by atoms with Crippen LogP contribution in [0.2, 0.25) is 5.02 Å². The van der Waals surface area contributed by atoms with Gasteiger partial charge in [-0.2, -0.15) is 18.3 Å². The monoisotopic (exact) mass is 850 g/mol. The van der Waals surface area contributed by atoms with E-state index < -0.39 is 36.0 Å². The number of hydrogen-bond donors (Lipinski definition) is 1. The molecule has 4 heterocycles. The molecule has 0 aliphatic carbocycles. The lowest BCUT2D eigenvalue weighted by Gasteiger charge is -2.33. The molecule has 308 valence electrons. The molecule has 0 spiro atoms. The molecule has 1 aliphatic heterocycles. The summed E-state index contributed by atoms with van der Waals surface area (Å²) in [7, 11) is 2.10. The van der Waals surface area contributed by atoms with Gasteiger partial charge in [-0.25, -0.2) is 19.2 Å². The highest BCUT2D eigenvalue weighted by molar-refractivity contribution is 7.26. The zero-order valence-electron chi connectivity index (χ0n) is 32.2. The first-order valence-corrected chi connectivity index (χ1v) is 20.0. The minimum atomic E-state index is -4.49. The van der Waals surface area contributed by atoms with Gasteiger partial charge in [0.25, 0.3) is 0 Å². The van der Waals surface area contributed by atoms with Crippen LogP contribution in [0.3, 0.4) is 0 Å². The van der Waals surface area contributed by atoms with Gasteiger partial charge in [0.2, 0.25) is 12.0 Å². The largest absolute Gasteiger partial charge is 0.491 e. The fourth-order valence-corrected chi connectivity index (χ4v) is 9.20. The lowest BCUT2D eigenvalue weighted by Crippen LogP contribution is -2.45. The predicted molar refractivity (Wildman–Crippen MR) is 218 cm³/mol. The van der Waals surface area contributed by atoms with Crippen LogP contribution in [-0.2, 0) is 23.4 Å². The topological polar surface area (TPSA) is 115 Å². The highest BCUT2D eigenvalue weighted by Gasteiger charge is 2.42. The van der Waals surface area contributed by atoms with Crippen LogP contribution in [0.5, 0.6) is 17.4 Å². The summed E-state index contributed by atoms with van der Waals surface area (Å²) in [6, 6.07) is 16.2. The van der Waals surface area contributed by atoms with Crippen LogP contribution < -0.4 is 14.2 Å². The number of benzene rings is 4. The molecule has 7 aromatic rings. The molecular formula is C42H39ClF4N6O5S. The van der Waals surface area contributed by atoms with Gasteiger partial charge in [0, 0.05) is 70.8 Å². The van der Waals surface area contributed by atoms with Crippen LogP contribution in [0, 0.1) is 5.82 Å². The van der Waals surface area contributed by atoms with E-state index in [0.29, 0.717) is 60.1 Å². The van der Waals surface area contributed by atoms with Crippen LogP contribution >= 0.6 is 22.9 Å². The number of thiophene rings is 1. The SMILES string of the molecule is CN1CCN(CCOc2ccc3c(c2Cl)c2cc(F)ccc2c2sc4ncnc(OC(C(=O)O)C(C)(C)c5ccccc5OCc5ccnn5CC(F)(F)F)c4c32)CC1. The molecule has 59 heavy (non-hydrogen) atoms. The normalized spacial score (nSPS) is 15.1. The number of hydrogen-bond acceptors (Lipinski definition) is 10. The molecule has 1 saturated heterocycles. The van der Waals surface area contributed by atoms with E-state index in [-0.39, 0.29) is 23.9 Å². The van der Waals surface area contributed by atoms with Crippen molar-refractivity contribution in [1.29, 1.82) is 0 Å². The first-order valence-electron chi connectivity index (χ1n) is 18.8. The summed E-state index contributed by atoms with van der Waals surface area (Å²) in [5.74, 6) is -1.04. The summed E-state index contributed by atoms with van der Waals surface area (Å²) in [5, 5.41) is 18.4. The molecule has 0 saturated carbocycles. The van der Waals surface area contributed by atoms with Crippen LogP contribution in [-0.4, -0.2) is 99.3 Å². The third kappa shape index (κ3) is 8.06. The number of aromatic nitrogens is 4. The quantitative estimate of drug-likeness (QED) is 0.0893. The van der Waals surface area contributed by atoms with Gasteiger partial charge in [-0.3, -0.25) is 9.58 Å². The number of ether oxygens (including phenoxy) is 3. The van der Waals surface area contributed by atoms with Crippen LogP contribution in [0.4, 0.5) is 17.6 Å². The number of carboxylic acid groups (broad SMARTS) is 1. The molecule has 4 aromatic carbocycles. The van der Waals surface area contributed by atoms with E-state index in [0.717, 1.165) is 42.1 Å². The van der Waals surface area contributed by atoms with Crippen molar-refractivity contribution in [2.45, 2.75) is 44.7 Å². The molecule has 0 radical (unpaired) electrons. The minimum Gasteiger partial charge on any atom is -0.491 e. The Bertz CT molecular complexity index is 2700. The maximum absolute atomic E-state index is 15.0. The van der Waals surface area contributed by atoms with E-state index in [4.69, 9.17) is 25.8 Å². The molecule has 1 unspecified atom stereocenters. The zero-order chi connectivity index (χ0) is 41.6. The third-order valence-corrected chi connectivity index (χ3v) is 12.3. The Morgan fingerprint density at radius 2 is 1.69 bits per heavy atom. The van der Waals surface area contributed by atoms with Crippen molar-refractivity contribution in [3.8, 4) is 17.4 Å². The van der Waals surface area contributed by atoms with Gasteiger partial charge in [-0.05, 0) is 54.2 Å².